The molecule has 8 nitrogen and oxygen atoms in total. The van der Waals surface area contributed by atoms with Crippen molar-refractivity contribution in [2.45, 2.75) is 12.6 Å². The molecule has 27 heavy (non-hydrogen) atoms. The van der Waals surface area contributed by atoms with Gasteiger partial charge < -0.3 is 9.64 Å². The quantitative estimate of drug-likeness (QED) is 0.678. The summed E-state index contributed by atoms with van der Waals surface area (Å²) in [4.78, 5) is 21.4. The predicted molar refractivity (Wildman–Crippen MR) is 97.6 cm³/mol. The number of benzene rings is 1. The number of likely N-dealkylation sites (N-methyl/N-ethyl adjacent to an activating group) is 1. The van der Waals surface area contributed by atoms with Crippen LogP contribution < -0.4 is 0 Å². The molecule has 1 atom stereocenters. The Hall–Kier alpha value is -2.84. The first kappa shape index (κ1) is 17.6. The fourth-order valence-corrected chi connectivity index (χ4v) is 3.37. The summed E-state index contributed by atoms with van der Waals surface area (Å²) < 4.78 is 10.2. The Morgan fingerprint density at radius 1 is 1.22 bits per heavy atom. The third-order valence-electron chi connectivity index (χ3n) is 4.76. The van der Waals surface area contributed by atoms with Gasteiger partial charge in [0.15, 0.2) is 0 Å². The number of morpholine rings is 1. The summed E-state index contributed by atoms with van der Waals surface area (Å²) in [7, 11) is 1.82. The summed E-state index contributed by atoms with van der Waals surface area (Å²) in [6, 6.07) is 9.12. The maximum Gasteiger partial charge on any atom is 0.244 e. The number of aromatic nitrogens is 3. The van der Waals surface area contributed by atoms with Gasteiger partial charge in [0.25, 0.3) is 0 Å². The lowest BCUT2D eigenvalue weighted by Gasteiger charge is -2.35. The molecular formula is C19H21N5O3. The SMILES string of the molecule is CN(Cc1ccc2nonc2c1)C(=O)C(c1cccnc1)N1CCOCC1. The van der Waals surface area contributed by atoms with Crippen molar-refractivity contribution in [2.75, 3.05) is 33.4 Å². The lowest BCUT2D eigenvalue weighted by molar-refractivity contribution is -0.138. The monoisotopic (exact) mass is 367 g/mol. The number of carbonyl (C=O) groups excluding carboxylic acids is 1. The zero-order valence-electron chi connectivity index (χ0n) is 15.1. The highest BCUT2D eigenvalue weighted by molar-refractivity contribution is 5.83. The Bertz CT molecular complexity index is 908. The third-order valence-corrected chi connectivity index (χ3v) is 4.76. The summed E-state index contributed by atoms with van der Waals surface area (Å²) >= 11 is 0. The minimum atomic E-state index is -0.370. The van der Waals surface area contributed by atoms with Crippen molar-refractivity contribution in [1.29, 1.82) is 0 Å². The van der Waals surface area contributed by atoms with Gasteiger partial charge in [0, 0.05) is 39.1 Å². The van der Waals surface area contributed by atoms with Gasteiger partial charge in [-0.15, -0.1) is 0 Å². The second-order valence-corrected chi connectivity index (χ2v) is 6.62. The first-order chi connectivity index (χ1) is 13.2. The Morgan fingerprint density at radius 2 is 2.04 bits per heavy atom. The molecule has 0 saturated carbocycles. The summed E-state index contributed by atoms with van der Waals surface area (Å²) in [5.74, 6) is 0.0308. The minimum Gasteiger partial charge on any atom is -0.379 e. The Balaban J connectivity index is 1.55. The molecule has 4 rings (SSSR count). The van der Waals surface area contributed by atoms with E-state index >= 15 is 0 Å². The summed E-state index contributed by atoms with van der Waals surface area (Å²) in [6.07, 6.45) is 3.48. The molecule has 0 bridgehead atoms. The lowest BCUT2D eigenvalue weighted by Crippen LogP contribution is -2.46. The molecule has 3 heterocycles. The van der Waals surface area contributed by atoms with Crippen molar-refractivity contribution in [2.24, 2.45) is 0 Å². The second-order valence-electron chi connectivity index (χ2n) is 6.62. The van der Waals surface area contributed by atoms with E-state index in [1.807, 2.05) is 37.4 Å². The van der Waals surface area contributed by atoms with Crippen LogP contribution in [0.5, 0.6) is 0 Å². The standard InChI is InChI=1S/C19H21N5O3/c1-23(13-14-4-5-16-17(11-14)22-27-21-16)19(25)18(15-3-2-6-20-12-15)24-7-9-26-10-8-24/h2-6,11-12,18H,7-10,13H2,1H3. The van der Waals surface area contributed by atoms with Crippen LogP contribution >= 0.6 is 0 Å². The van der Waals surface area contributed by atoms with Gasteiger partial charge in [-0.3, -0.25) is 14.7 Å². The van der Waals surface area contributed by atoms with Gasteiger partial charge in [-0.25, -0.2) is 4.63 Å². The summed E-state index contributed by atoms with van der Waals surface area (Å²) in [5, 5.41) is 7.68. The van der Waals surface area contributed by atoms with E-state index in [2.05, 4.69) is 20.2 Å². The number of fused-ring (bicyclic) bond motifs is 1. The molecule has 140 valence electrons. The van der Waals surface area contributed by atoms with E-state index < -0.39 is 0 Å². The van der Waals surface area contributed by atoms with E-state index in [-0.39, 0.29) is 11.9 Å². The molecule has 1 fully saturated rings. The number of pyridine rings is 1. The summed E-state index contributed by atoms with van der Waals surface area (Å²) in [5.41, 5.74) is 3.26. The number of rotatable bonds is 5. The number of hydrogen-bond donors (Lipinski definition) is 0. The fourth-order valence-electron chi connectivity index (χ4n) is 3.37. The lowest BCUT2D eigenvalue weighted by atomic mass is 10.0. The van der Waals surface area contributed by atoms with Gasteiger partial charge >= 0.3 is 0 Å². The normalized spacial score (nSPS) is 16.3. The van der Waals surface area contributed by atoms with Crippen LogP contribution in [0.3, 0.4) is 0 Å². The van der Waals surface area contributed by atoms with Crippen LogP contribution in [0.4, 0.5) is 0 Å². The zero-order valence-corrected chi connectivity index (χ0v) is 15.1. The largest absolute Gasteiger partial charge is 0.379 e. The maximum atomic E-state index is 13.3. The number of carbonyl (C=O) groups is 1. The van der Waals surface area contributed by atoms with E-state index in [0.717, 1.165) is 24.2 Å². The van der Waals surface area contributed by atoms with Gasteiger partial charge in [-0.05, 0) is 39.6 Å². The average Bonchev–Trinajstić information content (AvgIpc) is 3.17. The molecule has 1 aromatic carbocycles. The molecule has 1 aliphatic heterocycles. The first-order valence-electron chi connectivity index (χ1n) is 8.90. The van der Waals surface area contributed by atoms with Crippen LogP contribution in [0.25, 0.3) is 11.0 Å². The highest BCUT2D eigenvalue weighted by Gasteiger charge is 2.31. The van der Waals surface area contributed by atoms with E-state index in [9.17, 15) is 4.79 Å². The van der Waals surface area contributed by atoms with Crippen LogP contribution in [0.2, 0.25) is 0 Å². The van der Waals surface area contributed by atoms with Crippen LogP contribution in [-0.2, 0) is 16.1 Å². The molecule has 8 heteroatoms. The topological polar surface area (TPSA) is 84.6 Å². The van der Waals surface area contributed by atoms with Gasteiger partial charge in [0.05, 0.1) is 13.2 Å². The van der Waals surface area contributed by atoms with Crippen molar-refractivity contribution in [1.82, 2.24) is 25.1 Å². The predicted octanol–water partition coefficient (Wildman–Crippen LogP) is 1.65. The molecule has 1 amide bonds. The number of nitrogens with zero attached hydrogens (tertiary/aromatic N) is 5. The van der Waals surface area contributed by atoms with Gasteiger partial charge in [0.1, 0.15) is 17.1 Å². The molecular weight excluding hydrogens is 346 g/mol. The number of ether oxygens (including phenoxy) is 1. The Labute approximate surface area is 156 Å². The highest BCUT2D eigenvalue weighted by atomic mass is 16.6. The van der Waals surface area contributed by atoms with Crippen molar-refractivity contribution >= 4 is 16.9 Å². The Kier molecular flexibility index (Phi) is 5.08. The zero-order chi connectivity index (χ0) is 18.6. The Morgan fingerprint density at radius 3 is 2.81 bits per heavy atom. The van der Waals surface area contributed by atoms with Gasteiger partial charge in [-0.2, -0.15) is 0 Å². The number of hydrogen-bond acceptors (Lipinski definition) is 7. The first-order valence-corrected chi connectivity index (χ1v) is 8.90. The van der Waals surface area contributed by atoms with Crippen molar-refractivity contribution in [3.05, 3.63) is 53.9 Å². The number of amides is 1. The van der Waals surface area contributed by atoms with Gasteiger partial charge in [0.2, 0.25) is 5.91 Å². The molecule has 0 aliphatic carbocycles. The second kappa shape index (κ2) is 7.81. The highest BCUT2D eigenvalue weighted by Crippen LogP contribution is 2.24. The molecule has 0 radical (unpaired) electrons. The van der Waals surface area contributed by atoms with E-state index in [1.54, 1.807) is 17.3 Å². The molecule has 1 saturated heterocycles. The van der Waals surface area contributed by atoms with Crippen LogP contribution in [0.1, 0.15) is 17.2 Å². The van der Waals surface area contributed by atoms with Crippen molar-refractivity contribution < 1.29 is 14.2 Å². The minimum absolute atomic E-state index is 0.0308. The van der Waals surface area contributed by atoms with E-state index in [0.29, 0.717) is 30.8 Å². The van der Waals surface area contributed by atoms with Crippen LogP contribution in [0.15, 0.2) is 47.4 Å². The maximum absolute atomic E-state index is 13.3. The molecule has 0 spiro atoms. The van der Waals surface area contributed by atoms with Crippen molar-refractivity contribution in [3.8, 4) is 0 Å². The van der Waals surface area contributed by atoms with E-state index in [4.69, 9.17) is 9.37 Å². The molecule has 2 aromatic heterocycles. The molecule has 1 unspecified atom stereocenters. The third kappa shape index (κ3) is 3.81. The molecule has 0 N–H and O–H groups in total. The fraction of sp³-hybridized carbons (Fsp3) is 0.368. The van der Waals surface area contributed by atoms with Crippen LogP contribution in [-0.4, -0.2) is 64.4 Å². The van der Waals surface area contributed by atoms with Crippen LogP contribution in [0, 0.1) is 0 Å². The molecule has 1 aliphatic rings. The summed E-state index contributed by atoms with van der Waals surface area (Å²) in [6.45, 7) is 3.17. The van der Waals surface area contributed by atoms with Gasteiger partial charge in [-0.1, -0.05) is 12.1 Å². The van der Waals surface area contributed by atoms with E-state index in [1.165, 1.54) is 0 Å². The average molecular weight is 367 g/mol. The van der Waals surface area contributed by atoms with Crippen molar-refractivity contribution in [3.63, 3.8) is 0 Å². The smallest absolute Gasteiger partial charge is 0.244 e. The molecule has 3 aromatic rings.